The summed E-state index contributed by atoms with van der Waals surface area (Å²) in [7, 11) is 6.13. The van der Waals surface area contributed by atoms with Gasteiger partial charge in [0.05, 0.1) is 6.10 Å². The van der Waals surface area contributed by atoms with Crippen LogP contribution in [0.25, 0.3) is 0 Å². The van der Waals surface area contributed by atoms with E-state index in [0.29, 0.717) is 23.8 Å². The van der Waals surface area contributed by atoms with Crippen LogP contribution in [0.3, 0.4) is 0 Å². The average molecular weight is 355 g/mol. The van der Waals surface area contributed by atoms with Crippen LogP contribution in [0.2, 0.25) is 0 Å². The molecule has 5 nitrogen and oxygen atoms in total. The maximum atomic E-state index is 11.5. The number of carbonyl (C=O) groups excluding carboxylic acids is 1. The highest BCUT2D eigenvalue weighted by atomic mass is 16.5. The molecule has 0 radical (unpaired) electrons. The van der Waals surface area contributed by atoms with Gasteiger partial charge in [0.1, 0.15) is 6.29 Å². The topological polar surface area (TPSA) is 61.8 Å². The number of aldehydes is 1. The smallest absolute Gasteiger partial charge is 0.123 e. The third-order valence-electron chi connectivity index (χ3n) is 6.47. The molecule has 0 aromatic rings. The lowest BCUT2D eigenvalue weighted by Crippen LogP contribution is -2.47. The van der Waals surface area contributed by atoms with Gasteiger partial charge in [-0.05, 0) is 76.9 Å². The number of aliphatic hydroxyl groups is 1. The van der Waals surface area contributed by atoms with E-state index in [0.717, 1.165) is 32.4 Å². The minimum atomic E-state index is 0.201. The second kappa shape index (κ2) is 10.6. The third-order valence-corrected chi connectivity index (χ3v) is 6.47. The Balaban J connectivity index is 2.00. The highest BCUT2D eigenvalue weighted by Crippen LogP contribution is 2.43. The molecule has 2 fully saturated rings. The number of hydrogen-bond donors (Lipinski definition) is 2. The molecule has 2 rings (SSSR count). The van der Waals surface area contributed by atoms with Crippen LogP contribution in [-0.4, -0.2) is 69.3 Å². The summed E-state index contributed by atoms with van der Waals surface area (Å²) in [6.07, 6.45) is 9.19. The number of hydrogen-bond acceptors (Lipinski definition) is 5. The van der Waals surface area contributed by atoms with Crippen molar-refractivity contribution in [1.82, 2.24) is 10.2 Å². The van der Waals surface area contributed by atoms with Crippen LogP contribution >= 0.6 is 0 Å². The van der Waals surface area contributed by atoms with Gasteiger partial charge in [-0.3, -0.25) is 0 Å². The number of carbonyl (C=O) groups is 1. The van der Waals surface area contributed by atoms with E-state index in [1.165, 1.54) is 32.0 Å². The minimum absolute atomic E-state index is 0.201. The van der Waals surface area contributed by atoms with Crippen molar-refractivity contribution in [3.63, 3.8) is 0 Å². The maximum Gasteiger partial charge on any atom is 0.123 e. The van der Waals surface area contributed by atoms with Gasteiger partial charge in [0.15, 0.2) is 0 Å². The van der Waals surface area contributed by atoms with E-state index in [4.69, 9.17) is 9.84 Å². The van der Waals surface area contributed by atoms with Crippen LogP contribution in [-0.2, 0) is 9.53 Å². The highest BCUT2D eigenvalue weighted by molar-refractivity contribution is 5.53. The van der Waals surface area contributed by atoms with Crippen molar-refractivity contribution in [3.8, 4) is 0 Å². The van der Waals surface area contributed by atoms with Crippen LogP contribution in [0.15, 0.2) is 0 Å². The summed E-state index contributed by atoms with van der Waals surface area (Å²) >= 11 is 0. The van der Waals surface area contributed by atoms with Gasteiger partial charge in [-0.1, -0.05) is 6.42 Å². The summed E-state index contributed by atoms with van der Waals surface area (Å²) in [4.78, 5) is 13.8. The summed E-state index contributed by atoms with van der Waals surface area (Å²) in [6.45, 7) is 2.08. The highest BCUT2D eigenvalue weighted by Gasteiger charge is 2.41. The Hall–Kier alpha value is -0.490. The molecule has 5 heteroatoms. The van der Waals surface area contributed by atoms with Crippen molar-refractivity contribution in [2.24, 2.45) is 23.7 Å². The van der Waals surface area contributed by atoms with Crippen LogP contribution < -0.4 is 5.32 Å². The van der Waals surface area contributed by atoms with E-state index in [9.17, 15) is 4.79 Å². The molecule has 0 spiro atoms. The first kappa shape index (κ1) is 20.8. The molecule has 146 valence electrons. The van der Waals surface area contributed by atoms with Crippen LogP contribution in [0, 0.1) is 23.7 Å². The molecule has 25 heavy (non-hydrogen) atoms. The van der Waals surface area contributed by atoms with Crippen LogP contribution in [0.4, 0.5) is 0 Å². The normalized spacial score (nSPS) is 36.5. The Morgan fingerprint density at radius 2 is 2.04 bits per heavy atom. The average Bonchev–Trinajstić information content (AvgIpc) is 2.64. The lowest BCUT2D eigenvalue weighted by Gasteiger charge is -2.46. The summed E-state index contributed by atoms with van der Waals surface area (Å²) in [5.74, 6) is 1.89. The molecule has 0 aromatic heterocycles. The lowest BCUT2D eigenvalue weighted by molar-refractivity contribution is -0.114. The Kier molecular flexibility index (Phi) is 8.83. The van der Waals surface area contributed by atoms with Gasteiger partial charge in [0.25, 0.3) is 0 Å². The van der Waals surface area contributed by atoms with E-state index >= 15 is 0 Å². The number of nitrogens with zero attached hydrogens (tertiary/aromatic N) is 1. The van der Waals surface area contributed by atoms with Crippen molar-refractivity contribution in [1.29, 1.82) is 0 Å². The molecule has 0 aromatic carbocycles. The van der Waals surface area contributed by atoms with E-state index in [-0.39, 0.29) is 18.6 Å². The summed E-state index contributed by atoms with van der Waals surface area (Å²) in [5, 5.41) is 12.4. The molecule has 6 atom stereocenters. The molecule has 0 amide bonds. The van der Waals surface area contributed by atoms with Gasteiger partial charge >= 0.3 is 0 Å². The molecule has 0 aliphatic heterocycles. The van der Waals surface area contributed by atoms with Crippen molar-refractivity contribution >= 4 is 6.29 Å². The number of methoxy groups -OCH3 is 1. The maximum absolute atomic E-state index is 11.5. The molecule has 2 aliphatic carbocycles. The van der Waals surface area contributed by atoms with E-state index in [1.54, 1.807) is 0 Å². The summed E-state index contributed by atoms with van der Waals surface area (Å²) in [5.41, 5.74) is 0. The monoisotopic (exact) mass is 354 g/mol. The molecule has 2 aliphatic rings. The number of aliphatic hydroxyl groups excluding tert-OH is 1. The zero-order valence-corrected chi connectivity index (χ0v) is 16.3. The largest absolute Gasteiger partial charge is 0.396 e. The zero-order chi connectivity index (χ0) is 18.2. The minimum Gasteiger partial charge on any atom is -0.396 e. The van der Waals surface area contributed by atoms with Crippen LogP contribution in [0.1, 0.15) is 44.9 Å². The van der Waals surface area contributed by atoms with E-state index < -0.39 is 0 Å². The van der Waals surface area contributed by atoms with Gasteiger partial charge < -0.3 is 24.9 Å². The SMILES string of the molecule is COC1C(CNCCCO)CCCC1C1CC(C=O)CC(N(C)C)C1. The Morgan fingerprint density at radius 1 is 1.24 bits per heavy atom. The molecule has 0 bridgehead atoms. The summed E-state index contributed by atoms with van der Waals surface area (Å²) < 4.78 is 6.00. The Labute approximate surface area is 153 Å². The van der Waals surface area contributed by atoms with Crippen molar-refractivity contribution in [2.45, 2.75) is 57.1 Å². The van der Waals surface area contributed by atoms with E-state index in [2.05, 4.69) is 24.3 Å². The lowest BCUT2D eigenvalue weighted by atomic mass is 9.65. The fourth-order valence-corrected chi connectivity index (χ4v) is 5.13. The molecule has 2 saturated carbocycles. The Bertz CT molecular complexity index is 391. The predicted octanol–water partition coefficient (Wildman–Crippen LogP) is 1.94. The third kappa shape index (κ3) is 5.75. The second-order valence-corrected chi connectivity index (χ2v) is 8.32. The van der Waals surface area contributed by atoms with Crippen molar-refractivity contribution in [3.05, 3.63) is 0 Å². The van der Waals surface area contributed by atoms with Crippen molar-refractivity contribution in [2.75, 3.05) is 40.9 Å². The van der Waals surface area contributed by atoms with Crippen molar-refractivity contribution < 1.29 is 14.6 Å². The predicted molar refractivity (Wildman–Crippen MR) is 101 cm³/mol. The standard InChI is InChI=1S/C20H38N2O3/c1-22(2)18-11-15(14-24)10-17(12-18)19-7-4-6-16(20(19)25-3)13-21-8-5-9-23/h14-21,23H,4-13H2,1-3H3. The number of ether oxygens (including phenoxy) is 1. The molecule has 0 heterocycles. The van der Waals surface area contributed by atoms with E-state index in [1.807, 2.05) is 7.11 Å². The first-order valence-electron chi connectivity index (χ1n) is 10.1. The fourth-order valence-electron chi connectivity index (χ4n) is 5.13. The number of nitrogens with one attached hydrogen (secondary N) is 1. The van der Waals surface area contributed by atoms with Gasteiger partial charge in [0, 0.05) is 32.2 Å². The second-order valence-electron chi connectivity index (χ2n) is 8.32. The molecular formula is C20H38N2O3. The molecule has 2 N–H and O–H groups in total. The molecule has 0 saturated heterocycles. The zero-order valence-electron chi connectivity index (χ0n) is 16.3. The van der Waals surface area contributed by atoms with Gasteiger partial charge in [0.2, 0.25) is 0 Å². The molecule has 6 unspecified atom stereocenters. The van der Waals surface area contributed by atoms with Gasteiger partial charge in [-0.25, -0.2) is 0 Å². The fraction of sp³-hybridized carbons (Fsp3) is 0.950. The van der Waals surface area contributed by atoms with Gasteiger partial charge in [-0.2, -0.15) is 0 Å². The van der Waals surface area contributed by atoms with Gasteiger partial charge in [-0.15, -0.1) is 0 Å². The first-order valence-corrected chi connectivity index (χ1v) is 10.1. The first-order chi connectivity index (χ1) is 12.1. The Morgan fingerprint density at radius 3 is 2.68 bits per heavy atom. The molecular weight excluding hydrogens is 316 g/mol. The summed E-state index contributed by atoms with van der Waals surface area (Å²) in [6, 6.07) is 0.509. The van der Waals surface area contributed by atoms with Crippen LogP contribution in [0.5, 0.6) is 0 Å². The number of rotatable bonds is 9. The quantitative estimate of drug-likeness (QED) is 0.489.